The van der Waals surface area contributed by atoms with Gasteiger partial charge in [0.15, 0.2) is 11.5 Å². The highest BCUT2D eigenvalue weighted by atomic mass is 16.5. The summed E-state index contributed by atoms with van der Waals surface area (Å²) in [6, 6.07) is 13.0. The lowest BCUT2D eigenvalue weighted by atomic mass is 10.0. The van der Waals surface area contributed by atoms with Crippen LogP contribution in [-0.2, 0) is 11.2 Å². The zero-order chi connectivity index (χ0) is 21.2. The van der Waals surface area contributed by atoms with Crippen molar-refractivity contribution in [1.82, 2.24) is 0 Å². The summed E-state index contributed by atoms with van der Waals surface area (Å²) in [6.45, 7) is 8.36. The molecule has 0 aliphatic heterocycles. The maximum Gasteiger partial charge on any atom is 0.266 e. The number of amides is 1. The molecule has 0 bridgehead atoms. The SMILES string of the molecule is C=CCc1cc(/C=C(\C#N)C(=O)Nc2ccc(C)cc2)cc(OC)c1OCCC. The molecule has 1 N–H and O–H groups in total. The van der Waals surface area contributed by atoms with Crippen molar-refractivity contribution in [2.75, 3.05) is 19.0 Å². The molecule has 0 fully saturated rings. The van der Waals surface area contributed by atoms with E-state index in [1.807, 2.05) is 38.1 Å². The van der Waals surface area contributed by atoms with Crippen molar-refractivity contribution < 1.29 is 14.3 Å². The topological polar surface area (TPSA) is 71.4 Å². The Labute approximate surface area is 172 Å². The van der Waals surface area contributed by atoms with E-state index < -0.39 is 5.91 Å². The first-order chi connectivity index (χ1) is 14.0. The first kappa shape index (κ1) is 21.8. The molecule has 0 spiro atoms. The van der Waals surface area contributed by atoms with E-state index in [4.69, 9.17) is 9.47 Å². The van der Waals surface area contributed by atoms with Gasteiger partial charge in [0.05, 0.1) is 13.7 Å². The highest BCUT2D eigenvalue weighted by Crippen LogP contribution is 2.34. The van der Waals surface area contributed by atoms with Crippen molar-refractivity contribution >= 4 is 17.7 Å². The van der Waals surface area contributed by atoms with Crippen LogP contribution in [0.25, 0.3) is 6.08 Å². The highest BCUT2D eigenvalue weighted by Gasteiger charge is 2.14. The molecule has 150 valence electrons. The second-order valence-electron chi connectivity index (χ2n) is 6.54. The lowest BCUT2D eigenvalue weighted by Gasteiger charge is -2.15. The van der Waals surface area contributed by atoms with Crippen molar-refractivity contribution in [1.29, 1.82) is 5.26 Å². The Bertz CT molecular complexity index is 938. The van der Waals surface area contributed by atoms with Crippen LogP contribution >= 0.6 is 0 Å². The molecular weight excluding hydrogens is 364 g/mol. The number of nitrogens with zero attached hydrogens (tertiary/aromatic N) is 1. The molecule has 2 aromatic carbocycles. The fourth-order valence-corrected chi connectivity index (χ4v) is 2.74. The minimum Gasteiger partial charge on any atom is -0.493 e. The fraction of sp³-hybridized carbons (Fsp3) is 0.250. The quantitative estimate of drug-likeness (QED) is 0.369. The van der Waals surface area contributed by atoms with Crippen molar-refractivity contribution in [2.24, 2.45) is 0 Å². The molecule has 0 unspecified atom stereocenters. The molecular formula is C24H26N2O3. The Hall–Kier alpha value is -3.52. The van der Waals surface area contributed by atoms with Crippen LogP contribution in [0.2, 0.25) is 0 Å². The second kappa shape index (κ2) is 10.7. The number of hydrogen-bond donors (Lipinski definition) is 1. The van der Waals surface area contributed by atoms with E-state index in [-0.39, 0.29) is 5.57 Å². The zero-order valence-corrected chi connectivity index (χ0v) is 17.1. The van der Waals surface area contributed by atoms with Gasteiger partial charge in [-0.25, -0.2) is 0 Å². The van der Waals surface area contributed by atoms with Gasteiger partial charge in [0.2, 0.25) is 0 Å². The highest BCUT2D eigenvalue weighted by molar-refractivity contribution is 6.09. The van der Waals surface area contributed by atoms with E-state index in [0.29, 0.717) is 35.8 Å². The Morgan fingerprint density at radius 1 is 1.28 bits per heavy atom. The van der Waals surface area contributed by atoms with Crippen LogP contribution in [-0.4, -0.2) is 19.6 Å². The van der Waals surface area contributed by atoms with Gasteiger partial charge < -0.3 is 14.8 Å². The monoisotopic (exact) mass is 390 g/mol. The van der Waals surface area contributed by atoms with Crippen molar-refractivity contribution in [3.05, 3.63) is 71.3 Å². The first-order valence-electron chi connectivity index (χ1n) is 9.46. The number of carbonyl (C=O) groups is 1. The van der Waals surface area contributed by atoms with Gasteiger partial charge in [-0.1, -0.05) is 30.7 Å². The number of carbonyl (C=O) groups excluding carboxylic acids is 1. The number of anilines is 1. The molecule has 0 saturated heterocycles. The molecule has 0 aliphatic carbocycles. The Morgan fingerprint density at radius 2 is 2.00 bits per heavy atom. The predicted molar refractivity (Wildman–Crippen MR) is 116 cm³/mol. The number of aryl methyl sites for hydroxylation is 1. The van der Waals surface area contributed by atoms with Crippen LogP contribution in [0.3, 0.4) is 0 Å². The smallest absolute Gasteiger partial charge is 0.266 e. The van der Waals surface area contributed by atoms with Crippen molar-refractivity contribution in [3.8, 4) is 17.6 Å². The third-order valence-corrected chi connectivity index (χ3v) is 4.17. The molecule has 1 amide bonds. The maximum atomic E-state index is 12.5. The summed E-state index contributed by atoms with van der Waals surface area (Å²) in [6.07, 6.45) is 4.77. The third-order valence-electron chi connectivity index (χ3n) is 4.17. The first-order valence-corrected chi connectivity index (χ1v) is 9.46. The summed E-state index contributed by atoms with van der Waals surface area (Å²) in [5, 5.41) is 12.2. The summed E-state index contributed by atoms with van der Waals surface area (Å²) in [5.74, 6) is 0.751. The van der Waals surface area contributed by atoms with Gasteiger partial charge in [-0.15, -0.1) is 6.58 Å². The van der Waals surface area contributed by atoms with Gasteiger partial charge in [-0.3, -0.25) is 4.79 Å². The van der Waals surface area contributed by atoms with Crippen molar-refractivity contribution in [2.45, 2.75) is 26.7 Å². The molecule has 5 heteroatoms. The number of ether oxygens (including phenoxy) is 2. The van der Waals surface area contributed by atoms with E-state index in [0.717, 1.165) is 17.5 Å². The van der Waals surface area contributed by atoms with Crippen LogP contribution in [0.4, 0.5) is 5.69 Å². The maximum absolute atomic E-state index is 12.5. The fourth-order valence-electron chi connectivity index (χ4n) is 2.74. The lowest BCUT2D eigenvalue weighted by Crippen LogP contribution is -2.13. The van der Waals surface area contributed by atoms with Gasteiger partial charge in [0.25, 0.3) is 5.91 Å². The number of hydrogen-bond acceptors (Lipinski definition) is 4. The number of benzene rings is 2. The number of nitriles is 1. The van der Waals surface area contributed by atoms with Crippen LogP contribution in [0.1, 0.15) is 30.0 Å². The van der Waals surface area contributed by atoms with Crippen molar-refractivity contribution in [3.63, 3.8) is 0 Å². The molecule has 0 heterocycles. The normalized spacial score (nSPS) is 10.8. The average Bonchev–Trinajstić information content (AvgIpc) is 2.72. The second-order valence-corrected chi connectivity index (χ2v) is 6.54. The van der Waals surface area contributed by atoms with E-state index in [1.165, 1.54) is 0 Å². The molecule has 0 saturated carbocycles. The van der Waals surface area contributed by atoms with Gasteiger partial charge >= 0.3 is 0 Å². The summed E-state index contributed by atoms with van der Waals surface area (Å²) in [4.78, 5) is 12.5. The van der Waals surface area contributed by atoms with Crippen LogP contribution in [0.5, 0.6) is 11.5 Å². The van der Waals surface area contributed by atoms with Gasteiger partial charge in [0.1, 0.15) is 11.6 Å². The Balaban J connectivity index is 2.37. The van der Waals surface area contributed by atoms with E-state index in [1.54, 1.807) is 37.5 Å². The zero-order valence-electron chi connectivity index (χ0n) is 17.1. The van der Waals surface area contributed by atoms with Gasteiger partial charge in [-0.2, -0.15) is 5.26 Å². The number of allylic oxidation sites excluding steroid dienone is 1. The minimum absolute atomic E-state index is 0.000548. The van der Waals surface area contributed by atoms with Gasteiger partial charge in [0, 0.05) is 11.3 Å². The summed E-state index contributed by atoms with van der Waals surface area (Å²) in [7, 11) is 1.56. The molecule has 0 radical (unpaired) electrons. The molecule has 5 nitrogen and oxygen atoms in total. The molecule has 0 aromatic heterocycles. The van der Waals surface area contributed by atoms with Gasteiger partial charge in [-0.05, 0) is 55.7 Å². The predicted octanol–water partition coefficient (Wildman–Crippen LogP) is 5.07. The summed E-state index contributed by atoms with van der Waals surface area (Å²) < 4.78 is 11.3. The Morgan fingerprint density at radius 3 is 2.59 bits per heavy atom. The Kier molecular flexibility index (Phi) is 8.05. The minimum atomic E-state index is -0.466. The standard InChI is InChI=1S/C24H26N2O3/c1-5-7-19-13-18(15-22(28-4)23(19)29-12-6-2)14-20(16-25)24(27)26-21-10-8-17(3)9-11-21/h5,8-11,13-15H,1,6-7,12H2,2-4H3,(H,26,27)/b20-14+. The van der Waals surface area contributed by atoms with E-state index in [9.17, 15) is 10.1 Å². The van der Waals surface area contributed by atoms with Crippen LogP contribution in [0, 0.1) is 18.3 Å². The largest absolute Gasteiger partial charge is 0.493 e. The molecule has 2 aromatic rings. The number of nitrogens with one attached hydrogen (secondary N) is 1. The van der Waals surface area contributed by atoms with Crippen LogP contribution < -0.4 is 14.8 Å². The average molecular weight is 390 g/mol. The summed E-state index contributed by atoms with van der Waals surface area (Å²) in [5.41, 5.74) is 3.29. The molecule has 2 rings (SSSR count). The number of methoxy groups -OCH3 is 1. The lowest BCUT2D eigenvalue weighted by molar-refractivity contribution is -0.112. The van der Waals surface area contributed by atoms with E-state index >= 15 is 0 Å². The van der Waals surface area contributed by atoms with E-state index in [2.05, 4.69) is 11.9 Å². The van der Waals surface area contributed by atoms with Crippen LogP contribution in [0.15, 0.2) is 54.6 Å². The molecule has 0 atom stereocenters. The molecule has 0 aliphatic rings. The molecule has 29 heavy (non-hydrogen) atoms. The summed E-state index contributed by atoms with van der Waals surface area (Å²) >= 11 is 0. The third kappa shape index (κ3) is 5.98. The number of rotatable bonds is 9.